The van der Waals surface area contributed by atoms with Gasteiger partial charge in [0.05, 0.1) is 6.54 Å². The Morgan fingerprint density at radius 1 is 1.42 bits per heavy atom. The lowest BCUT2D eigenvalue weighted by molar-refractivity contribution is 0.613. The Hall–Kier alpha value is -1.61. The summed E-state index contributed by atoms with van der Waals surface area (Å²) in [5, 5.41) is 4.51. The first-order valence-corrected chi connectivity index (χ1v) is 6.71. The van der Waals surface area contributed by atoms with Gasteiger partial charge in [0.15, 0.2) is 5.15 Å². The molecule has 0 N–H and O–H groups in total. The summed E-state index contributed by atoms with van der Waals surface area (Å²) < 4.78 is 1.42. The first-order valence-electron chi connectivity index (χ1n) is 6.33. The summed E-state index contributed by atoms with van der Waals surface area (Å²) in [6.07, 6.45) is 10.2. The molecule has 0 aromatic carbocycles. The van der Waals surface area contributed by atoms with Crippen molar-refractivity contribution in [3.05, 3.63) is 62.6 Å². The van der Waals surface area contributed by atoms with Crippen molar-refractivity contribution < 1.29 is 0 Å². The number of aryl methyl sites for hydroxylation is 1. The fraction of sp³-hybridized carbons (Fsp3) is 0.333. The molecule has 0 spiro atoms. The van der Waals surface area contributed by atoms with Crippen molar-refractivity contribution in [2.75, 3.05) is 0 Å². The van der Waals surface area contributed by atoms with E-state index in [0.717, 1.165) is 12.8 Å². The second-order valence-corrected chi connectivity index (χ2v) is 5.14. The molecule has 0 fully saturated rings. The molecule has 2 rings (SSSR count). The molecule has 0 bridgehead atoms. The fourth-order valence-electron chi connectivity index (χ4n) is 1.96. The highest BCUT2D eigenvalue weighted by molar-refractivity contribution is 6.30. The smallest absolute Gasteiger partial charge is 0.267 e. The maximum atomic E-state index is 11.9. The van der Waals surface area contributed by atoms with Crippen molar-refractivity contribution in [1.29, 1.82) is 0 Å². The number of halogens is 1. The highest BCUT2D eigenvalue weighted by atomic mass is 35.5. The van der Waals surface area contributed by atoms with Crippen LogP contribution in [0, 0.1) is 6.92 Å². The molecule has 19 heavy (non-hydrogen) atoms. The zero-order chi connectivity index (χ0) is 13.8. The minimum absolute atomic E-state index is 0.111. The Kier molecular flexibility index (Phi) is 4.38. The van der Waals surface area contributed by atoms with Crippen molar-refractivity contribution in [3.63, 3.8) is 0 Å². The Bertz CT molecular complexity index is 624. The topological polar surface area (TPSA) is 34.9 Å². The molecule has 0 saturated heterocycles. The predicted molar refractivity (Wildman–Crippen MR) is 78.5 cm³/mol. The van der Waals surface area contributed by atoms with Crippen molar-refractivity contribution in [1.82, 2.24) is 9.78 Å². The average molecular weight is 277 g/mol. The molecule has 1 aromatic heterocycles. The van der Waals surface area contributed by atoms with Crippen LogP contribution in [0.5, 0.6) is 0 Å². The Morgan fingerprint density at radius 2 is 2.21 bits per heavy atom. The first-order chi connectivity index (χ1) is 9.06. The van der Waals surface area contributed by atoms with Crippen molar-refractivity contribution in [2.24, 2.45) is 0 Å². The summed E-state index contributed by atoms with van der Waals surface area (Å²) in [5.74, 6) is 0. The summed E-state index contributed by atoms with van der Waals surface area (Å²) in [6.45, 7) is 4.36. The first kappa shape index (κ1) is 13.8. The number of rotatable bonds is 2. The lowest BCUT2D eigenvalue weighted by atomic mass is 10.1. The zero-order valence-electron chi connectivity index (χ0n) is 11.2. The predicted octanol–water partition coefficient (Wildman–Crippen LogP) is 3.43. The molecule has 4 heteroatoms. The molecule has 1 aromatic rings. The average Bonchev–Trinajstić information content (AvgIpc) is 2.32. The quantitative estimate of drug-likeness (QED) is 0.829. The van der Waals surface area contributed by atoms with Crippen molar-refractivity contribution in [3.8, 4) is 0 Å². The van der Waals surface area contributed by atoms with Gasteiger partial charge >= 0.3 is 0 Å². The molecule has 0 radical (unpaired) electrons. The molecule has 0 saturated carbocycles. The van der Waals surface area contributed by atoms with Gasteiger partial charge < -0.3 is 0 Å². The largest absolute Gasteiger partial charge is 0.268 e. The molecule has 0 atom stereocenters. The molecule has 100 valence electrons. The maximum absolute atomic E-state index is 11.9. The Balaban J connectivity index is 2.22. The third kappa shape index (κ3) is 3.67. The Labute approximate surface area is 117 Å². The summed E-state index contributed by atoms with van der Waals surface area (Å²) in [4.78, 5) is 11.9. The van der Waals surface area contributed by atoms with Crippen LogP contribution in [0.2, 0.25) is 5.15 Å². The van der Waals surface area contributed by atoms with Crippen molar-refractivity contribution in [2.45, 2.75) is 33.2 Å². The maximum Gasteiger partial charge on any atom is 0.267 e. The molecular formula is C15H17ClN2O. The summed E-state index contributed by atoms with van der Waals surface area (Å²) in [5.41, 5.74) is 3.05. The molecular weight excluding hydrogens is 260 g/mol. The number of aromatic nitrogens is 2. The van der Waals surface area contributed by atoms with Crippen LogP contribution in [0.25, 0.3) is 0 Å². The number of hydrogen-bond acceptors (Lipinski definition) is 2. The van der Waals surface area contributed by atoms with E-state index in [1.165, 1.54) is 21.9 Å². The van der Waals surface area contributed by atoms with E-state index in [1.807, 2.05) is 6.08 Å². The second kappa shape index (κ2) is 6.02. The van der Waals surface area contributed by atoms with Crippen LogP contribution in [0.1, 0.15) is 25.3 Å². The van der Waals surface area contributed by atoms with E-state index in [4.69, 9.17) is 11.6 Å². The number of allylic oxidation sites excluding steroid dienone is 6. The molecule has 1 aliphatic carbocycles. The van der Waals surface area contributed by atoms with Crippen LogP contribution in [0.3, 0.4) is 0 Å². The third-order valence-corrected chi connectivity index (χ3v) is 3.48. The van der Waals surface area contributed by atoms with Crippen LogP contribution in [-0.4, -0.2) is 9.78 Å². The fourth-order valence-corrected chi connectivity index (χ4v) is 2.11. The lowest BCUT2D eigenvalue weighted by Crippen LogP contribution is -2.23. The van der Waals surface area contributed by atoms with E-state index in [0.29, 0.717) is 17.3 Å². The molecule has 1 heterocycles. The van der Waals surface area contributed by atoms with Gasteiger partial charge in [-0.15, -0.1) is 0 Å². The second-order valence-electron chi connectivity index (χ2n) is 4.78. The number of hydrogen-bond donors (Lipinski definition) is 0. The van der Waals surface area contributed by atoms with E-state index in [2.05, 4.69) is 30.3 Å². The van der Waals surface area contributed by atoms with Gasteiger partial charge in [-0.25, -0.2) is 4.68 Å². The highest BCUT2D eigenvalue weighted by Gasteiger charge is 2.06. The Morgan fingerprint density at radius 3 is 3.00 bits per heavy atom. The van der Waals surface area contributed by atoms with Crippen LogP contribution in [0.4, 0.5) is 0 Å². The SMILES string of the molecule is CC1=CCC/C(Cn2nc(Cl)c(C)cc2=O)=C/C=C1. The van der Waals surface area contributed by atoms with Gasteiger partial charge in [-0.2, -0.15) is 5.10 Å². The normalized spacial score (nSPS) is 18.3. The van der Waals surface area contributed by atoms with Gasteiger partial charge in [-0.1, -0.05) is 41.5 Å². The van der Waals surface area contributed by atoms with E-state index in [-0.39, 0.29) is 5.56 Å². The van der Waals surface area contributed by atoms with Gasteiger partial charge in [0.25, 0.3) is 5.56 Å². The summed E-state index contributed by atoms with van der Waals surface area (Å²) >= 11 is 5.97. The molecule has 3 nitrogen and oxygen atoms in total. The van der Waals surface area contributed by atoms with E-state index in [9.17, 15) is 4.79 Å². The van der Waals surface area contributed by atoms with Gasteiger partial charge in [-0.3, -0.25) is 4.79 Å². The summed E-state index contributed by atoms with van der Waals surface area (Å²) in [6, 6.07) is 1.53. The highest BCUT2D eigenvalue weighted by Crippen LogP contribution is 2.14. The minimum Gasteiger partial charge on any atom is -0.268 e. The standard InChI is InChI=1S/C15H17ClN2O/c1-11-5-3-7-13(8-4-6-11)10-18-14(19)9-12(2)15(16)17-18/h3,5-7,9H,4,8,10H2,1-2H3/b5-3?,11-6?,13-7-. The van der Waals surface area contributed by atoms with Crippen molar-refractivity contribution >= 4 is 11.6 Å². The van der Waals surface area contributed by atoms with Gasteiger partial charge in [0.1, 0.15) is 0 Å². The minimum atomic E-state index is -0.111. The van der Waals surface area contributed by atoms with Crippen LogP contribution in [0.15, 0.2) is 46.3 Å². The van der Waals surface area contributed by atoms with Gasteiger partial charge in [0.2, 0.25) is 0 Å². The molecule has 0 amide bonds. The zero-order valence-corrected chi connectivity index (χ0v) is 11.9. The third-order valence-electron chi connectivity index (χ3n) is 3.10. The lowest BCUT2D eigenvalue weighted by Gasteiger charge is -2.10. The van der Waals surface area contributed by atoms with E-state index < -0.39 is 0 Å². The van der Waals surface area contributed by atoms with Gasteiger partial charge in [-0.05, 0) is 37.8 Å². The molecule has 1 aliphatic rings. The van der Waals surface area contributed by atoms with E-state index in [1.54, 1.807) is 6.92 Å². The molecule has 0 aliphatic heterocycles. The van der Waals surface area contributed by atoms with Crippen LogP contribution in [-0.2, 0) is 6.54 Å². The monoisotopic (exact) mass is 276 g/mol. The van der Waals surface area contributed by atoms with Crippen LogP contribution >= 0.6 is 11.6 Å². The number of nitrogens with zero attached hydrogens (tertiary/aromatic N) is 2. The van der Waals surface area contributed by atoms with E-state index >= 15 is 0 Å². The molecule has 0 unspecified atom stereocenters. The summed E-state index contributed by atoms with van der Waals surface area (Å²) in [7, 11) is 0. The van der Waals surface area contributed by atoms with Gasteiger partial charge in [0, 0.05) is 6.07 Å². The van der Waals surface area contributed by atoms with Crippen LogP contribution < -0.4 is 5.56 Å².